The van der Waals surface area contributed by atoms with Crippen LogP contribution in [0.25, 0.3) is 0 Å². The van der Waals surface area contributed by atoms with E-state index in [2.05, 4.69) is 25.7 Å². The van der Waals surface area contributed by atoms with Gasteiger partial charge in [0.2, 0.25) is 5.88 Å². The van der Waals surface area contributed by atoms with Gasteiger partial charge in [0.15, 0.2) is 5.82 Å². The van der Waals surface area contributed by atoms with Gasteiger partial charge in [0.1, 0.15) is 0 Å². The molecule has 4 heteroatoms. The molecule has 0 fully saturated rings. The first kappa shape index (κ1) is 8.46. The highest BCUT2D eigenvalue weighted by Gasteiger charge is 2.06. The van der Waals surface area contributed by atoms with Crippen molar-refractivity contribution in [3.05, 3.63) is 22.1 Å². The average molecular weight is 220 g/mol. The molecule has 0 spiro atoms. The maximum Gasteiger partial charge on any atom is 0.250 e. The van der Waals surface area contributed by atoms with Crippen molar-refractivity contribution in [2.24, 2.45) is 0 Å². The molecule has 0 N–H and O–H groups in total. The van der Waals surface area contributed by atoms with Crippen molar-refractivity contribution in [1.29, 1.82) is 0 Å². The van der Waals surface area contributed by atoms with Crippen LogP contribution in [0, 0.1) is 12.7 Å². The monoisotopic (exact) mass is 219 g/mol. The van der Waals surface area contributed by atoms with Crippen LogP contribution in [0.5, 0.6) is 5.88 Å². The molecule has 0 radical (unpaired) electrons. The highest BCUT2D eigenvalue weighted by atomic mass is 79.9. The molecule has 0 aliphatic heterocycles. The molecule has 0 aromatic carbocycles. The fraction of sp³-hybridized carbons (Fsp3) is 0.286. The second-order valence-corrected chi connectivity index (χ2v) is 2.90. The summed E-state index contributed by atoms with van der Waals surface area (Å²) < 4.78 is 18.1. The largest absolute Gasteiger partial charge is 0.479 e. The molecule has 0 aliphatic carbocycles. The Hall–Kier alpha value is -0.640. The standard InChI is InChI=1S/C7H7BrFNO/c1-4-5(8)3-6(9)7(10-4)11-2/h3H,1-2H3. The van der Waals surface area contributed by atoms with Gasteiger partial charge < -0.3 is 4.74 Å². The highest BCUT2D eigenvalue weighted by Crippen LogP contribution is 2.21. The number of nitrogens with zero attached hydrogens (tertiary/aromatic N) is 1. The summed E-state index contributed by atoms with van der Waals surface area (Å²) in [7, 11) is 1.39. The lowest BCUT2D eigenvalue weighted by atomic mass is 10.4. The smallest absolute Gasteiger partial charge is 0.250 e. The third-order valence-corrected chi connectivity index (χ3v) is 2.07. The predicted octanol–water partition coefficient (Wildman–Crippen LogP) is 2.30. The maximum absolute atomic E-state index is 12.8. The van der Waals surface area contributed by atoms with Crippen LogP contribution in [0.3, 0.4) is 0 Å². The van der Waals surface area contributed by atoms with E-state index in [1.165, 1.54) is 13.2 Å². The van der Waals surface area contributed by atoms with Gasteiger partial charge in [-0.1, -0.05) is 0 Å². The van der Waals surface area contributed by atoms with E-state index in [-0.39, 0.29) is 5.88 Å². The molecule has 2 nitrogen and oxygen atoms in total. The van der Waals surface area contributed by atoms with E-state index in [0.29, 0.717) is 10.2 Å². The lowest BCUT2D eigenvalue weighted by molar-refractivity contribution is 0.367. The average Bonchev–Trinajstić information content (AvgIpc) is 1.97. The van der Waals surface area contributed by atoms with Crippen molar-refractivity contribution in [3.8, 4) is 5.88 Å². The first-order valence-corrected chi connectivity index (χ1v) is 3.81. The summed E-state index contributed by atoms with van der Waals surface area (Å²) in [5.41, 5.74) is 0.711. The van der Waals surface area contributed by atoms with Gasteiger partial charge in [0, 0.05) is 4.47 Å². The topological polar surface area (TPSA) is 22.1 Å². The summed E-state index contributed by atoms with van der Waals surface area (Å²) >= 11 is 3.15. The van der Waals surface area contributed by atoms with E-state index in [0.717, 1.165) is 0 Å². The molecule has 1 rings (SSSR count). The van der Waals surface area contributed by atoms with Crippen LogP contribution in [0.15, 0.2) is 10.5 Å². The van der Waals surface area contributed by atoms with Crippen LogP contribution in [-0.4, -0.2) is 12.1 Å². The zero-order chi connectivity index (χ0) is 8.43. The Morgan fingerprint density at radius 1 is 1.64 bits per heavy atom. The number of aryl methyl sites for hydroxylation is 1. The lowest BCUT2D eigenvalue weighted by Crippen LogP contribution is -1.94. The number of halogens is 2. The van der Waals surface area contributed by atoms with Crippen molar-refractivity contribution in [2.75, 3.05) is 7.11 Å². The zero-order valence-electron chi connectivity index (χ0n) is 6.19. The molecule has 1 aromatic rings. The van der Waals surface area contributed by atoms with Crippen molar-refractivity contribution >= 4 is 15.9 Å². The van der Waals surface area contributed by atoms with Crippen LogP contribution in [0.4, 0.5) is 4.39 Å². The van der Waals surface area contributed by atoms with E-state index < -0.39 is 5.82 Å². The number of hydrogen-bond donors (Lipinski definition) is 0. The number of aromatic nitrogens is 1. The number of ether oxygens (including phenoxy) is 1. The minimum atomic E-state index is -0.454. The van der Waals surface area contributed by atoms with Crippen LogP contribution in [0.1, 0.15) is 5.69 Å². The number of methoxy groups -OCH3 is 1. The van der Waals surface area contributed by atoms with E-state index in [1.54, 1.807) is 6.92 Å². The Kier molecular flexibility index (Phi) is 2.44. The minimum Gasteiger partial charge on any atom is -0.479 e. The quantitative estimate of drug-likeness (QED) is 0.724. The highest BCUT2D eigenvalue weighted by molar-refractivity contribution is 9.10. The third-order valence-electron chi connectivity index (χ3n) is 1.27. The second kappa shape index (κ2) is 3.17. The SMILES string of the molecule is COc1nc(C)c(Br)cc1F. The Morgan fingerprint density at radius 2 is 2.27 bits per heavy atom. The first-order chi connectivity index (χ1) is 5.15. The molecule has 0 atom stereocenters. The molecule has 60 valence electrons. The van der Waals surface area contributed by atoms with E-state index in [1.807, 2.05) is 0 Å². The molecule has 1 heterocycles. The van der Waals surface area contributed by atoms with Gasteiger partial charge in [-0.15, -0.1) is 0 Å². The second-order valence-electron chi connectivity index (χ2n) is 2.05. The maximum atomic E-state index is 12.8. The van der Waals surface area contributed by atoms with Gasteiger partial charge in [-0.05, 0) is 28.9 Å². The summed E-state index contributed by atoms with van der Waals surface area (Å²) in [6.45, 7) is 1.77. The van der Waals surface area contributed by atoms with Gasteiger partial charge in [-0.3, -0.25) is 0 Å². The Labute approximate surface area is 72.5 Å². The number of rotatable bonds is 1. The summed E-state index contributed by atoms with van der Waals surface area (Å²) in [5.74, 6) is -0.421. The van der Waals surface area contributed by atoms with Crippen LogP contribution < -0.4 is 4.74 Å². The molecule has 0 unspecified atom stereocenters. The lowest BCUT2D eigenvalue weighted by Gasteiger charge is -2.02. The molecule has 0 saturated heterocycles. The van der Waals surface area contributed by atoms with Gasteiger partial charge in [0.25, 0.3) is 0 Å². The van der Waals surface area contributed by atoms with Crippen molar-refractivity contribution in [1.82, 2.24) is 4.98 Å². The van der Waals surface area contributed by atoms with Crippen molar-refractivity contribution in [2.45, 2.75) is 6.92 Å². The van der Waals surface area contributed by atoms with Gasteiger partial charge >= 0.3 is 0 Å². The molecule has 0 bridgehead atoms. The molecule has 0 aliphatic rings. The number of pyridine rings is 1. The third kappa shape index (κ3) is 1.68. The van der Waals surface area contributed by atoms with Crippen molar-refractivity contribution < 1.29 is 9.13 Å². The minimum absolute atomic E-state index is 0.0331. The first-order valence-electron chi connectivity index (χ1n) is 3.01. The zero-order valence-corrected chi connectivity index (χ0v) is 7.77. The van der Waals surface area contributed by atoms with Crippen LogP contribution >= 0.6 is 15.9 Å². The Balaban J connectivity index is 3.21. The van der Waals surface area contributed by atoms with E-state index >= 15 is 0 Å². The van der Waals surface area contributed by atoms with E-state index in [4.69, 9.17) is 0 Å². The molecular formula is C7H7BrFNO. The molecule has 1 aromatic heterocycles. The Morgan fingerprint density at radius 3 is 2.82 bits per heavy atom. The summed E-state index contributed by atoms with van der Waals surface area (Å²) in [5, 5.41) is 0. The summed E-state index contributed by atoms with van der Waals surface area (Å²) in [4.78, 5) is 3.85. The summed E-state index contributed by atoms with van der Waals surface area (Å²) in [6, 6.07) is 1.33. The predicted molar refractivity (Wildman–Crippen MR) is 43.2 cm³/mol. The molecule has 0 amide bonds. The molecule has 0 saturated carbocycles. The Bertz CT molecular complexity index is 277. The fourth-order valence-electron chi connectivity index (χ4n) is 0.680. The molecule has 11 heavy (non-hydrogen) atoms. The summed E-state index contributed by atoms with van der Waals surface area (Å²) in [6.07, 6.45) is 0. The fourth-order valence-corrected chi connectivity index (χ4v) is 0.969. The normalized spacial score (nSPS) is 9.82. The van der Waals surface area contributed by atoms with Crippen molar-refractivity contribution in [3.63, 3.8) is 0 Å². The van der Waals surface area contributed by atoms with Gasteiger partial charge in [-0.25, -0.2) is 9.37 Å². The van der Waals surface area contributed by atoms with Gasteiger partial charge in [0.05, 0.1) is 12.8 Å². The van der Waals surface area contributed by atoms with Gasteiger partial charge in [-0.2, -0.15) is 0 Å². The van der Waals surface area contributed by atoms with Crippen LogP contribution in [-0.2, 0) is 0 Å². The van der Waals surface area contributed by atoms with Crippen LogP contribution in [0.2, 0.25) is 0 Å². The van der Waals surface area contributed by atoms with E-state index in [9.17, 15) is 4.39 Å². The number of hydrogen-bond acceptors (Lipinski definition) is 2. The molecular weight excluding hydrogens is 213 g/mol.